The minimum Gasteiger partial charge on any atom is -0.444 e. The second-order valence-corrected chi connectivity index (χ2v) is 2.65. The van der Waals surface area contributed by atoms with E-state index in [9.17, 15) is 0 Å². The molecular weight excluding hydrogens is 529 g/mol. The van der Waals surface area contributed by atoms with Crippen LogP contribution in [-0.4, -0.2) is 31.9 Å². The Bertz CT molecular complexity index is 455. The summed E-state index contributed by atoms with van der Waals surface area (Å²) in [5, 5.41) is 27.0. The molecule has 0 unspecified atom stereocenters. The molecule has 8 N–H and O–H groups in total. The standard InChI is InChI=1S/C10H8N2.2K.3HNO2.4H2O.Ru/c1-3-7-11-9(5-1)10-6-2-4-8-12-10;;;3*2-1-3;;;;;/h1-8H;;;3*(H,2,3);4*1H2;/q;2*+1;;;;;;;;+1/p-3. The second-order valence-electron chi connectivity index (χ2n) is 2.65. The van der Waals surface area contributed by atoms with Crippen LogP contribution in [0.5, 0.6) is 0 Å². The molecule has 18 heteroatoms. The molecular formula is C10H16K2N5O10Ru. The summed E-state index contributed by atoms with van der Waals surface area (Å²) in [6, 6.07) is 11.6. The topological polar surface area (TPSA) is 309 Å². The van der Waals surface area contributed by atoms with Crippen LogP contribution in [0.15, 0.2) is 64.8 Å². The average molecular weight is 546 g/mol. The van der Waals surface area contributed by atoms with Crippen molar-refractivity contribution in [2.75, 3.05) is 0 Å². The molecule has 28 heavy (non-hydrogen) atoms. The van der Waals surface area contributed by atoms with Gasteiger partial charge in [-0.2, -0.15) is 0 Å². The molecule has 2 rings (SSSR count). The van der Waals surface area contributed by atoms with Gasteiger partial charge in [-0.3, -0.25) is 9.97 Å². The molecule has 0 saturated carbocycles. The smallest absolute Gasteiger partial charge is 0.444 e. The SMILES string of the molecule is O.O.O.O.O=N[O-].O=N[O-].O=N[O-].[K+].[K+].[Ru+].c1ccc(-c2ccccn2)nc1. The van der Waals surface area contributed by atoms with Crippen molar-refractivity contribution in [1.82, 2.24) is 9.97 Å². The Morgan fingerprint density at radius 1 is 0.607 bits per heavy atom. The van der Waals surface area contributed by atoms with Gasteiger partial charge in [-0.15, -0.1) is 16.0 Å². The Morgan fingerprint density at radius 2 is 0.821 bits per heavy atom. The fourth-order valence-electron chi connectivity index (χ4n) is 1.03. The molecule has 0 aliphatic rings. The van der Waals surface area contributed by atoms with E-state index in [1.165, 1.54) is 0 Å². The van der Waals surface area contributed by atoms with Gasteiger partial charge in [0.1, 0.15) is 0 Å². The van der Waals surface area contributed by atoms with Gasteiger partial charge in [-0.1, -0.05) is 12.1 Å². The van der Waals surface area contributed by atoms with Crippen molar-refractivity contribution < 1.29 is 144 Å². The summed E-state index contributed by atoms with van der Waals surface area (Å²) < 4.78 is 0. The molecule has 0 aromatic carbocycles. The van der Waals surface area contributed by atoms with Gasteiger partial charge in [0.15, 0.2) is 0 Å². The zero-order valence-corrected chi connectivity index (χ0v) is 22.6. The van der Waals surface area contributed by atoms with E-state index in [2.05, 4.69) is 9.97 Å². The first-order valence-corrected chi connectivity index (χ1v) is 4.89. The van der Waals surface area contributed by atoms with Crippen LogP contribution in [-0.2, 0) is 19.5 Å². The van der Waals surface area contributed by atoms with Gasteiger partial charge in [0.25, 0.3) is 0 Å². The molecule has 0 spiro atoms. The summed E-state index contributed by atoms with van der Waals surface area (Å²) in [6.45, 7) is 0. The van der Waals surface area contributed by atoms with Crippen LogP contribution in [0.25, 0.3) is 11.4 Å². The molecule has 0 bridgehead atoms. The van der Waals surface area contributed by atoms with E-state index in [1.54, 1.807) is 12.4 Å². The molecule has 151 valence electrons. The maximum absolute atomic E-state index is 8.00. The Morgan fingerprint density at radius 3 is 0.964 bits per heavy atom. The summed E-state index contributed by atoms with van der Waals surface area (Å²) in [4.78, 5) is 32.4. The molecule has 2 aromatic heterocycles. The van der Waals surface area contributed by atoms with Crippen LogP contribution in [0.3, 0.4) is 0 Å². The Kier molecular flexibility index (Phi) is 102. The predicted octanol–water partition coefficient (Wildman–Crippen LogP) is -6.40. The van der Waals surface area contributed by atoms with E-state index in [4.69, 9.17) is 30.3 Å². The molecule has 0 aliphatic heterocycles. The average Bonchev–Trinajstić information content (AvgIpc) is 2.51. The molecule has 15 nitrogen and oxygen atoms in total. The quantitative estimate of drug-likeness (QED) is 0.188. The zero-order valence-electron chi connectivity index (χ0n) is 14.7. The van der Waals surface area contributed by atoms with Gasteiger partial charge < -0.3 is 52.2 Å². The van der Waals surface area contributed by atoms with Gasteiger partial charge in [0, 0.05) is 12.4 Å². The summed E-state index contributed by atoms with van der Waals surface area (Å²) in [7, 11) is 0. The Balaban J connectivity index is -0.0000000286. The Hall–Kier alpha value is 0.236. The number of hydrogen-bond donors (Lipinski definition) is 0. The van der Waals surface area contributed by atoms with Crippen LogP contribution in [0.2, 0.25) is 0 Å². The van der Waals surface area contributed by atoms with Crippen molar-refractivity contribution in [3.8, 4) is 11.4 Å². The molecule has 0 atom stereocenters. The minimum atomic E-state index is 0. The van der Waals surface area contributed by atoms with Crippen LogP contribution in [0.1, 0.15) is 0 Å². The molecule has 0 aliphatic carbocycles. The first-order valence-electron chi connectivity index (χ1n) is 4.89. The summed E-state index contributed by atoms with van der Waals surface area (Å²) in [5.74, 6) is 0. The largest absolute Gasteiger partial charge is 1.00 e. The van der Waals surface area contributed by atoms with Crippen molar-refractivity contribution >= 4 is 0 Å². The Labute approximate surface area is 256 Å². The zero-order chi connectivity index (χ0) is 16.3. The van der Waals surface area contributed by atoms with Crippen molar-refractivity contribution in [1.29, 1.82) is 0 Å². The molecule has 0 saturated heterocycles. The number of rotatable bonds is 1. The van der Waals surface area contributed by atoms with E-state index in [0.717, 1.165) is 27.4 Å². The number of aromatic nitrogens is 2. The molecule has 0 amide bonds. The van der Waals surface area contributed by atoms with Crippen molar-refractivity contribution in [2.45, 2.75) is 0 Å². The van der Waals surface area contributed by atoms with E-state index in [0.29, 0.717) is 0 Å². The first-order chi connectivity index (χ1) is 10.2. The third-order valence-corrected chi connectivity index (χ3v) is 1.59. The number of nitrogens with zero attached hydrogens (tertiary/aromatic N) is 5. The fraction of sp³-hybridized carbons (Fsp3) is 0. The number of hydrogen-bond acceptors (Lipinski definition) is 11. The van der Waals surface area contributed by atoms with Crippen LogP contribution >= 0.6 is 0 Å². The van der Waals surface area contributed by atoms with E-state index < -0.39 is 0 Å². The van der Waals surface area contributed by atoms with E-state index in [-0.39, 0.29) is 144 Å². The normalized spacial score (nSPS) is 5.43. The van der Waals surface area contributed by atoms with E-state index >= 15 is 0 Å². The summed E-state index contributed by atoms with van der Waals surface area (Å²) >= 11 is 0. The van der Waals surface area contributed by atoms with Crippen LogP contribution < -0.4 is 103 Å². The maximum atomic E-state index is 8.00. The van der Waals surface area contributed by atoms with Gasteiger partial charge in [0.05, 0.1) is 11.4 Å². The van der Waals surface area contributed by atoms with Crippen LogP contribution in [0.4, 0.5) is 0 Å². The third-order valence-electron chi connectivity index (χ3n) is 1.59. The molecule has 1 radical (unpaired) electrons. The summed E-state index contributed by atoms with van der Waals surface area (Å²) in [5.41, 5.74) is 1.83. The first kappa shape index (κ1) is 56.6. The van der Waals surface area contributed by atoms with Gasteiger partial charge >= 0.3 is 122 Å². The second kappa shape index (κ2) is 50.7. The van der Waals surface area contributed by atoms with Crippen LogP contribution in [0, 0.1) is 30.3 Å². The van der Waals surface area contributed by atoms with Gasteiger partial charge in [0.2, 0.25) is 0 Å². The van der Waals surface area contributed by atoms with E-state index in [1.807, 2.05) is 36.4 Å². The van der Waals surface area contributed by atoms with Gasteiger partial charge in [-0.05, 0) is 24.3 Å². The fourth-order valence-corrected chi connectivity index (χ4v) is 1.03. The van der Waals surface area contributed by atoms with Crippen molar-refractivity contribution in [3.05, 3.63) is 79.1 Å². The number of pyridine rings is 2. The molecule has 2 aromatic rings. The van der Waals surface area contributed by atoms with Crippen molar-refractivity contribution in [3.63, 3.8) is 0 Å². The molecule has 2 heterocycles. The predicted molar refractivity (Wildman–Crippen MR) is 89.4 cm³/mol. The third kappa shape index (κ3) is 40.8. The maximum Gasteiger partial charge on any atom is 1.00 e. The molecule has 0 fully saturated rings. The monoisotopic (exact) mass is 546 g/mol. The minimum absolute atomic E-state index is 0. The summed E-state index contributed by atoms with van der Waals surface area (Å²) in [6.07, 6.45) is 3.54. The van der Waals surface area contributed by atoms with Crippen molar-refractivity contribution in [2.24, 2.45) is 16.0 Å². The van der Waals surface area contributed by atoms with Gasteiger partial charge in [-0.25, -0.2) is 0 Å².